The molecule has 78 valence electrons. The number of hydrogen-bond acceptors (Lipinski definition) is 2. The average Bonchev–Trinajstić information content (AvgIpc) is 2.17. The highest BCUT2D eigenvalue weighted by atomic mass is 19.3. The fourth-order valence-electron chi connectivity index (χ4n) is 1.07. The van der Waals surface area contributed by atoms with Crippen molar-refractivity contribution in [3.05, 3.63) is 35.1 Å². The van der Waals surface area contributed by atoms with Crippen LogP contribution in [-0.4, -0.2) is 11.7 Å². The van der Waals surface area contributed by atoms with Crippen LogP contribution < -0.4 is 5.73 Å². The monoisotopic (exact) mass is 205 g/mol. The van der Waals surface area contributed by atoms with Crippen molar-refractivity contribution in [3.63, 3.8) is 0 Å². The second-order valence-corrected chi connectivity index (χ2v) is 2.87. The van der Waals surface area contributed by atoms with E-state index in [1.807, 2.05) is 0 Å². The third kappa shape index (κ3) is 2.24. The van der Waals surface area contributed by atoms with Crippen LogP contribution in [0.25, 0.3) is 0 Å². The second-order valence-electron chi connectivity index (χ2n) is 2.87. The molecule has 0 saturated heterocycles. The number of rotatable bonds is 3. The Bertz CT molecular complexity index is 317. The average molecular weight is 205 g/mol. The number of aliphatic hydroxyl groups excluding tert-OH is 1. The van der Waals surface area contributed by atoms with Gasteiger partial charge in [0, 0.05) is 0 Å². The van der Waals surface area contributed by atoms with E-state index in [1.165, 1.54) is 6.07 Å². The molecule has 0 aliphatic heterocycles. The standard InChI is InChI=1S/C9H10F3NO/c10-7-2-1-5(8(13)4-14)3-6(7)9(11)12/h1-3,8-9,14H,4,13H2/t8-/m0/s1. The molecule has 2 nitrogen and oxygen atoms in total. The molecule has 0 aliphatic rings. The predicted octanol–water partition coefficient (Wildman–Crippen LogP) is 1.76. The van der Waals surface area contributed by atoms with Crippen LogP contribution in [0, 0.1) is 5.82 Å². The van der Waals surface area contributed by atoms with Gasteiger partial charge >= 0.3 is 0 Å². The van der Waals surface area contributed by atoms with Crippen molar-refractivity contribution >= 4 is 0 Å². The number of aliphatic hydroxyl groups is 1. The van der Waals surface area contributed by atoms with Crippen LogP contribution in [-0.2, 0) is 0 Å². The third-order valence-electron chi connectivity index (χ3n) is 1.88. The predicted molar refractivity (Wildman–Crippen MR) is 45.4 cm³/mol. The molecular formula is C9H10F3NO. The zero-order valence-corrected chi connectivity index (χ0v) is 7.25. The summed E-state index contributed by atoms with van der Waals surface area (Å²) in [6, 6.07) is 2.42. The van der Waals surface area contributed by atoms with E-state index in [1.54, 1.807) is 0 Å². The summed E-state index contributed by atoms with van der Waals surface area (Å²) in [6.45, 7) is -0.367. The number of benzene rings is 1. The first-order chi connectivity index (χ1) is 6.56. The molecule has 3 N–H and O–H groups in total. The fourth-order valence-corrected chi connectivity index (χ4v) is 1.07. The highest BCUT2D eigenvalue weighted by Crippen LogP contribution is 2.24. The van der Waals surface area contributed by atoms with Crippen molar-refractivity contribution in [1.82, 2.24) is 0 Å². The molecule has 0 amide bonds. The lowest BCUT2D eigenvalue weighted by Gasteiger charge is -2.10. The summed E-state index contributed by atoms with van der Waals surface area (Å²) in [6.07, 6.45) is -2.87. The Kier molecular flexibility index (Phi) is 3.49. The van der Waals surface area contributed by atoms with Crippen LogP contribution in [0.3, 0.4) is 0 Å². The first kappa shape index (κ1) is 11.0. The first-order valence-electron chi connectivity index (χ1n) is 4.00. The number of hydrogen-bond donors (Lipinski definition) is 2. The minimum Gasteiger partial charge on any atom is -0.394 e. The van der Waals surface area contributed by atoms with E-state index < -0.39 is 23.8 Å². The van der Waals surface area contributed by atoms with Gasteiger partial charge in [0.2, 0.25) is 0 Å². The molecule has 0 bridgehead atoms. The molecule has 0 spiro atoms. The van der Waals surface area contributed by atoms with Crippen molar-refractivity contribution in [3.8, 4) is 0 Å². The molecule has 1 atom stereocenters. The van der Waals surface area contributed by atoms with E-state index in [9.17, 15) is 13.2 Å². The molecule has 0 unspecified atom stereocenters. The number of alkyl halides is 2. The molecule has 5 heteroatoms. The van der Waals surface area contributed by atoms with Crippen LogP contribution in [0.15, 0.2) is 18.2 Å². The van der Waals surface area contributed by atoms with Crippen molar-refractivity contribution in [2.24, 2.45) is 5.73 Å². The molecule has 1 aromatic carbocycles. The van der Waals surface area contributed by atoms with Crippen LogP contribution in [0.1, 0.15) is 23.6 Å². The lowest BCUT2D eigenvalue weighted by molar-refractivity contribution is 0.146. The van der Waals surface area contributed by atoms with Crippen LogP contribution >= 0.6 is 0 Å². The summed E-state index contributed by atoms with van der Waals surface area (Å²) in [5.41, 5.74) is 5.00. The van der Waals surface area contributed by atoms with Crippen LogP contribution in [0.4, 0.5) is 13.2 Å². The van der Waals surface area contributed by atoms with E-state index in [-0.39, 0.29) is 6.61 Å². The molecular weight excluding hydrogens is 195 g/mol. The van der Waals surface area contributed by atoms with Gasteiger partial charge in [-0.3, -0.25) is 0 Å². The summed E-state index contributed by atoms with van der Waals surface area (Å²) in [4.78, 5) is 0. The molecule has 14 heavy (non-hydrogen) atoms. The van der Waals surface area contributed by atoms with Crippen molar-refractivity contribution in [1.29, 1.82) is 0 Å². The van der Waals surface area contributed by atoms with Gasteiger partial charge in [0.15, 0.2) is 0 Å². The van der Waals surface area contributed by atoms with E-state index in [4.69, 9.17) is 10.8 Å². The molecule has 0 saturated carbocycles. The van der Waals surface area contributed by atoms with Crippen molar-refractivity contribution in [2.45, 2.75) is 12.5 Å². The van der Waals surface area contributed by atoms with Crippen LogP contribution in [0.2, 0.25) is 0 Å². The van der Waals surface area contributed by atoms with Gasteiger partial charge in [-0.05, 0) is 17.7 Å². The van der Waals surface area contributed by atoms with Crippen molar-refractivity contribution < 1.29 is 18.3 Å². The van der Waals surface area contributed by atoms with Gasteiger partial charge in [0.05, 0.1) is 18.2 Å². The molecule has 0 fully saturated rings. The minimum absolute atomic E-state index is 0.296. The maximum Gasteiger partial charge on any atom is 0.266 e. The maximum atomic E-state index is 12.8. The van der Waals surface area contributed by atoms with E-state index in [2.05, 4.69) is 0 Å². The Morgan fingerprint density at radius 1 is 1.36 bits per heavy atom. The fraction of sp³-hybridized carbons (Fsp3) is 0.333. The van der Waals surface area contributed by atoms with Gasteiger partial charge in [0.25, 0.3) is 6.43 Å². The minimum atomic E-state index is -2.87. The Morgan fingerprint density at radius 2 is 2.00 bits per heavy atom. The third-order valence-corrected chi connectivity index (χ3v) is 1.88. The van der Waals surface area contributed by atoms with Crippen LogP contribution in [0.5, 0.6) is 0 Å². The molecule has 1 rings (SSSR count). The van der Waals surface area contributed by atoms with E-state index >= 15 is 0 Å². The Labute approximate surface area is 79.2 Å². The molecule has 0 aliphatic carbocycles. The quantitative estimate of drug-likeness (QED) is 0.789. The van der Waals surface area contributed by atoms with Gasteiger partial charge in [-0.2, -0.15) is 0 Å². The number of nitrogens with two attached hydrogens (primary N) is 1. The normalized spacial score (nSPS) is 13.3. The highest BCUT2D eigenvalue weighted by Gasteiger charge is 2.15. The highest BCUT2D eigenvalue weighted by molar-refractivity contribution is 5.28. The van der Waals surface area contributed by atoms with Gasteiger partial charge < -0.3 is 10.8 Å². The Hall–Kier alpha value is -1.07. The maximum absolute atomic E-state index is 12.8. The zero-order valence-electron chi connectivity index (χ0n) is 7.25. The lowest BCUT2D eigenvalue weighted by atomic mass is 10.0. The van der Waals surface area contributed by atoms with Crippen molar-refractivity contribution in [2.75, 3.05) is 6.61 Å². The Balaban J connectivity index is 3.06. The lowest BCUT2D eigenvalue weighted by Crippen LogP contribution is -2.14. The SMILES string of the molecule is N[C@@H](CO)c1ccc(F)c(C(F)F)c1. The summed E-state index contributed by atoms with van der Waals surface area (Å²) in [5, 5.41) is 8.68. The van der Waals surface area contributed by atoms with Gasteiger partial charge in [-0.15, -0.1) is 0 Å². The smallest absolute Gasteiger partial charge is 0.266 e. The van der Waals surface area contributed by atoms with Gasteiger partial charge in [-0.25, -0.2) is 13.2 Å². The number of halogens is 3. The molecule has 0 radical (unpaired) electrons. The van der Waals surface area contributed by atoms with Gasteiger partial charge in [-0.1, -0.05) is 6.07 Å². The Morgan fingerprint density at radius 3 is 2.50 bits per heavy atom. The summed E-state index contributed by atoms with van der Waals surface area (Å²) in [5.74, 6) is -0.964. The topological polar surface area (TPSA) is 46.2 Å². The van der Waals surface area contributed by atoms with E-state index in [0.29, 0.717) is 5.56 Å². The molecule has 1 aromatic rings. The largest absolute Gasteiger partial charge is 0.394 e. The summed E-state index contributed by atoms with van der Waals surface area (Å²) < 4.78 is 37.3. The second kappa shape index (κ2) is 4.43. The molecule has 0 heterocycles. The van der Waals surface area contributed by atoms with E-state index in [0.717, 1.165) is 12.1 Å². The molecule has 0 aromatic heterocycles. The summed E-state index contributed by atoms with van der Waals surface area (Å²) in [7, 11) is 0. The summed E-state index contributed by atoms with van der Waals surface area (Å²) >= 11 is 0. The zero-order chi connectivity index (χ0) is 10.7. The van der Waals surface area contributed by atoms with Gasteiger partial charge in [0.1, 0.15) is 5.82 Å². The first-order valence-corrected chi connectivity index (χ1v) is 4.00.